The molecule has 0 amide bonds. The van der Waals surface area contributed by atoms with Gasteiger partial charge in [-0.3, -0.25) is 4.79 Å². The fraction of sp³-hybridized carbons (Fsp3) is 0.312. The Balaban J connectivity index is 1.88. The number of carbonyl (C=O) groups excluding carboxylic acids is 1. The molecule has 4 rings (SSSR count). The van der Waals surface area contributed by atoms with Gasteiger partial charge in [0.25, 0.3) is 0 Å². The molecule has 1 saturated heterocycles. The van der Waals surface area contributed by atoms with Crippen LogP contribution in [0.5, 0.6) is 0 Å². The van der Waals surface area contributed by atoms with Crippen molar-refractivity contribution in [2.45, 2.75) is 25.8 Å². The summed E-state index contributed by atoms with van der Waals surface area (Å²) in [5.74, 6) is 1.43. The van der Waals surface area contributed by atoms with Crippen molar-refractivity contribution >= 4 is 22.8 Å². The number of hydrogen-bond acceptors (Lipinski definition) is 6. The number of ketones is 1. The van der Waals surface area contributed by atoms with Gasteiger partial charge >= 0.3 is 0 Å². The molecule has 7 heteroatoms. The highest BCUT2D eigenvalue weighted by atomic mass is 16.1. The van der Waals surface area contributed by atoms with Crippen molar-refractivity contribution in [3.05, 3.63) is 30.3 Å². The fourth-order valence-electron chi connectivity index (χ4n) is 3.09. The number of fused-ring (bicyclic) bond motifs is 1. The van der Waals surface area contributed by atoms with E-state index in [1.54, 1.807) is 6.92 Å². The van der Waals surface area contributed by atoms with Crippen LogP contribution in [0.3, 0.4) is 0 Å². The number of nitrogens with zero attached hydrogens (tertiary/aromatic N) is 5. The Morgan fingerprint density at radius 3 is 2.83 bits per heavy atom. The van der Waals surface area contributed by atoms with Crippen LogP contribution in [0.1, 0.15) is 19.8 Å². The van der Waals surface area contributed by atoms with Gasteiger partial charge in [-0.05, 0) is 19.8 Å². The molecule has 3 aromatic rings. The molecule has 1 aromatic carbocycles. The molecule has 2 aromatic heterocycles. The van der Waals surface area contributed by atoms with Gasteiger partial charge in [0.2, 0.25) is 5.65 Å². The van der Waals surface area contributed by atoms with E-state index in [9.17, 15) is 4.79 Å². The number of H-pyrrole nitrogens is 1. The first-order valence-electron chi connectivity index (χ1n) is 7.65. The quantitative estimate of drug-likeness (QED) is 0.796. The number of carbonyl (C=O) groups is 1. The molecule has 0 unspecified atom stereocenters. The Kier molecular flexibility index (Phi) is 3.25. The maximum atomic E-state index is 11.9. The molecule has 23 heavy (non-hydrogen) atoms. The molecule has 116 valence electrons. The Morgan fingerprint density at radius 1 is 1.22 bits per heavy atom. The standard InChI is InChI=1S/C16H16N6O/c1-10(23)12-8-5-9-22(12)16-13-15(20-21-19-13)17-14(18-16)11-6-3-2-4-7-11/h2-4,6-7,12H,5,8-9H2,1H3,(H,17,18,19,20,21)/t12-/m0/s1. The molecule has 0 spiro atoms. The van der Waals surface area contributed by atoms with Crippen molar-refractivity contribution in [2.24, 2.45) is 0 Å². The molecule has 0 bridgehead atoms. The number of Topliss-reactive ketones (excluding diaryl/α,β-unsaturated/α-hetero) is 1. The second-order valence-corrected chi connectivity index (χ2v) is 5.69. The molecule has 0 saturated carbocycles. The van der Waals surface area contributed by atoms with Gasteiger partial charge in [0.15, 0.2) is 22.9 Å². The van der Waals surface area contributed by atoms with Gasteiger partial charge in [0, 0.05) is 12.1 Å². The average molecular weight is 308 g/mol. The zero-order valence-corrected chi connectivity index (χ0v) is 12.7. The van der Waals surface area contributed by atoms with Gasteiger partial charge < -0.3 is 4.90 Å². The van der Waals surface area contributed by atoms with Crippen LogP contribution in [0.4, 0.5) is 5.82 Å². The number of aromatic amines is 1. The summed E-state index contributed by atoms with van der Waals surface area (Å²) in [6, 6.07) is 9.60. The lowest BCUT2D eigenvalue weighted by atomic mass is 10.1. The lowest BCUT2D eigenvalue weighted by Crippen LogP contribution is -2.35. The van der Waals surface area contributed by atoms with E-state index in [1.807, 2.05) is 35.2 Å². The zero-order valence-electron chi connectivity index (χ0n) is 12.7. The van der Waals surface area contributed by atoms with Crippen LogP contribution in [-0.2, 0) is 4.79 Å². The third-order valence-electron chi connectivity index (χ3n) is 4.19. The zero-order chi connectivity index (χ0) is 15.8. The van der Waals surface area contributed by atoms with Crippen LogP contribution in [0.25, 0.3) is 22.6 Å². The van der Waals surface area contributed by atoms with Crippen LogP contribution in [-0.4, -0.2) is 43.7 Å². The van der Waals surface area contributed by atoms with E-state index in [0.29, 0.717) is 22.8 Å². The molecule has 0 radical (unpaired) electrons. The van der Waals surface area contributed by atoms with Crippen molar-refractivity contribution in [3.8, 4) is 11.4 Å². The summed E-state index contributed by atoms with van der Waals surface area (Å²) in [6.45, 7) is 2.42. The largest absolute Gasteiger partial charge is 0.345 e. The number of anilines is 1. The van der Waals surface area contributed by atoms with Crippen molar-refractivity contribution < 1.29 is 4.79 Å². The van der Waals surface area contributed by atoms with E-state index in [4.69, 9.17) is 4.98 Å². The van der Waals surface area contributed by atoms with Gasteiger partial charge in [-0.15, -0.1) is 5.10 Å². The van der Waals surface area contributed by atoms with Gasteiger partial charge in [0.1, 0.15) is 0 Å². The Hall–Kier alpha value is -2.83. The topological polar surface area (TPSA) is 87.7 Å². The summed E-state index contributed by atoms with van der Waals surface area (Å²) in [7, 11) is 0. The third-order valence-corrected chi connectivity index (χ3v) is 4.19. The third kappa shape index (κ3) is 2.34. The van der Waals surface area contributed by atoms with Crippen LogP contribution in [0.2, 0.25) is 0 Å². The highest BCUT2D eigenvalue weighted by Gasteiger charge is 2.31. The number of nitrogens with one attached hydrogen (secondary N) is 1. The summed E-state index contributed by atoms with van der Waals surface area (Å²) in [4.78, 5) is 23.1. The highest BCUT2D eigenvalue weighted by Crippen LogP contribution is 2.30. The Bertz CT molecular complexity index is 859. The van der Waals surface area contributed by atoms with Crippen molar-refractivity contribution in [1.82, 2.24) is 25.4 Å². The molecular formula is C16H16N6O. The van der Waals surface area contributed by atoms with Crippen molar-refractivity contribution in [3.63, 3.8) is 0 Å². The molecular weight excluding hydrogens is 292 g/mol. The van der Waals surface area contributed by atoms with Gasteiger partial charge in [-0.1, -0.05) is 30.3 Å². The molecule has 1 N–H and O–H groups in total. The van der Waals surface area contributed by atoms with Gasteiger partial charge in [-0.25, -0.2) is 9.97 Å². The van der Waals surface area contributed by atoms with Crippen LogP contribution in [0, 0.1) is 0 Å². The maximum Gasteiger partial charge on any atom is 0.207 e. The molecule has 3 heterocycles. The predicted molar refractivity (Wildman–Crippen MR) is 86.0 cm³/mol. The summed E-state index contributed by atoms with van der Waals surface area (Å²) in [5, 5.41) is 10.9. The summed E-state index contributed by atoms with van der Waals surface area (Å²) in [5.41, 5.74) is 2.04. The number of rotatable bonds is 3. The smallest absolute Gasteiger partial charge is 0.207 e. The molecule has 1 aliphatic heterocycles. The number of aromatic nitrogens is 5. The number of benzene rings is 1. The van der Waals surface area contributed by atoms with Crippen molar-refractivity contribution in [2.75, 3.05) is 11.4 Å². The second kappa shape index (κ2) is 5.42. The van der Waals surface area contributed by atoms with E-state index in [1.165, 1.54) is 0 Å². The predicted octanol–water partition coefficient (Wildman–Crippen LogP) is 1.97. The van der Waals surface area contributed by atoms with Crippen LogP contribution >= 0.6 is 0 Å². The lowest BCUT2D eigenvalue weighted by molar-refractivity contribution is -0.118. The van der Waals surface area contributed by atoms with Crippen molar-refractivity contribution in [1.29, 1.82) is 0 Å². The minimum absolute atomic E-state index is 0.145. The monoisotopic (exact) mass is 308 g/mol. The fourth-order valence-corrected chi connectivity index (χ4v) is 3.09. The maximum absolute atomic E-state index is 11.9. The first-order valence-corrected chi connectivity index (χ1v) is 7.65. The van der Waals surface area contributed by atoms with E-state index in [0.717, 1.165) is 24.9 Å². The summed E-state index contributed by atoms with van der Waals surface area (Å²) in [6.07, 6.45) is 1.81. The van der Waals surface area contributed by atoms with E-state index >= 15 is 0 Å². The van der Waals surface area contributed by atoms with Gasteiger partial charge in [0.05, 0.1) is 6.04 Å². The highest BCUT2D eigenvalue weighted by molar-refractivity contribution is 5.90. The minimum Gasteiger partial charge on any atom is -0.345 e. The Labute approximate surface area is 132 Å². The number of hydrogen-bond donors (Lipinski definition) is 1. The van der Waals surface area contributed by atoms with E-state index in [2.05, 4.69) is 20.4 Å². The van der Waals surface area contributed by atoms with Crippen LogP contribution in [0.15, 0.2) is 30.3 Å². The first kappa shape index (κ1) is 13.8. The van der Waals surface area contributed by atoms with Crippen LogP contribution < -0.4 is 4.90 Å². The molecule has 1 aliphatic rings. The lowest BCUT2D eigenvalue weighted by Gasteiger charge is -2.23. The Morgan fingerprint density at radius 2 is 2.04 bits per heavy atom. The molecule has 1 fully saturated rings. The summed E-state index contributed by atoms with van der Waals surface area (Å²) >= 11 is 0. The molecule has 7 nitrogen and oxygen atoms in total. The normalized spacial score (nSPS) is 17.8. The van der Waals surface area contributed by atoms with E-state index < -0.39 is 0 Å². The second-order valence-electron chi connectivity index (χ2n) is 5.69. The molecule has 1 atom stereocenters. The van der Waals surface area contributed by atoms with E-state index in [-0.39, 0.29) is 11.8 Å². The van der Waals surface area contributed by atoms with Gasteiger partial charge in [-0.2, -0.15) is 10.3 Å². The SMILES string of the molecule is CC(=O)[C@@H]1CCCN1c1nc(-c2ccccc2)nc2n[nH]nc12. The first-order chi connectivity index (χ1) is 11.2. The summed E-state index contributed by atoms with van der Waals surface area (Å²) < 4.78 is 0. The minimum atomic E-state index is -0.145. The average Bonchev–Trinajstić information content (AvgIpc) is 3.23. The molecule has 0 aliphatic carbocycles.